The van der Waals surface area contributed by atoms with Crippen LogP contribution >= 0.6 is 0 Å². The zero-order chi connectivity index (χ0) is 40.7. The lowest BCUT2D eigenvalue weighted by Crippen LogP contribution is -2.09. The van der Waals surface area contributed by atoms with Gasteiger partial charge < -0.3 is 14.5 Å². The van der Waals surface area contributed by atoms with Gasteiger partial charge in [-0.1, -0.05) is 127 Å². The summed E-state index contributed by atoms with van der Waals surface area (Å²) in [5, 5.41) is 4.92. The predicted octanol–water partition coefficient (Wildman–Crippen LogP) is 16.0. The van der Waals surface area contributed by atoms with E-state index in [0.29, 0.717) is 6.61 Å². The van der Waals surface area contributed by atoms with Gasteiger partial charge in [0.1, 0.15) is 5.75 Å². The summed E-state index contributed by atoms with van der Waals surface area (Å²) in [6.45, 7) is 4.78. The molecule has 0 spiro atoms. The van der Waals surface area contributed by atoms with E-state index >= 15 is 0 Å². The first-order valence-corrected chi connectivity index (χ1v) is 20.6. The Morgan fingerprint density at radius 2 is 0.700 bits per heavy atom. The summed E-state index contributed by atoms with van der Waals surface area (Å²) >= 11 is 0. The number of ether oxygens (including phenoxy) is 1. The summed E-state index contributed by atoms with van der Waals surface area (Å²) in [6.07, 6.45) is 8.78. The van der Waals surface area contributed by atoms with Crippen LogP contribution in [0.3, 0.4) is 0 Å². The van der Waals surface area contributed by atoms with Gasteiger partial charge in [-0.25, -0.2) is 0 Å². The number of hydrogen-bond donors (Lipinski definition) is 0. The number of fused-ring (bicyclic) bond motifs is 2. The average Bonchev–Trinajstić information content (AvgIpc) is 3.30. The number of rotatable bonds is 12. The van der Waals surface area contributed by atoms with Crippen LogP contribution in [-0.4, -0.2) is 6.61 Å². The van der Waals surface area contributed by atoms with Crippen LogP contribution in [0, 0.1) is 6.92 Å². The number of aryl methyl sites for hydroxylation is 1. The summed E-state index contributed by atoms with van der Waals surface area (Å²) in [6, 6.07) is 73.5. The standard InChI is InChI=1S/C57H46N2O/c1-3-60-57-36-34-56(35-37-57)59(52-12-8-5-9-13-52)55-32-24-44(25-33-55)17-19-46-21-27-48-40-49-38-45(20-26-47(49)41-50(48)39-46)18-16-43-22-30-54(31-23-43)58(51-10-6-4-7-11-51)53-28-14-42(2)15-29-53/h4-41H,3H2,1-2H3/b18-16+,19-17+. The van der Waals surface area contributed by atoms with Gasteiger partial charge in [-0.15, -0.1) is 0 Å². The number of benzene rings is 9. The van der Waals surface area contributed by atoms with E-state index in [-0.39, 0.29) is 0 Å². The maximum Gasteiger partial charge on any atom is 0.119 e. The number of para-hydroxylation sites is 2. The fourth-order valence-corrected chi connectivity index (χ4v) is 7.70. The average molecular weight is 775 g/mol. The highest BCUT2D eigenvalue weighted by atomic mass is 16.5. The van der Waals surface area contributed by atoms with Crippen molar-refractivity contribution in [3.05, 3.63) is 234 Å². The van der Waals surface area contributed by atoms with Crippen molar-refractivity contribution < 1.29 is 4.74 Å². The van der Waals surface area contributed by atoms with Crippen LogP contribution in [0.1, 0.15) is 34.7 Å². The minimum absolute atomic E-state index is 0.648. The topological polar surface area (TPSA) is 15.7 Å². The van der Waals surface area contributed by atoms with Crippen molar-refractivity contribution >= 4 is 80.0 Å². The van der Waals surface area contributed by atoms with Crippen molar-refractivity contribution in [3.8, 4) is 5.75 Å². The van der Waals surface area contributed by atoms with E-state index in [1.165, 1.54) is 38.2 Å². The van der Waals surface area contributed by atoms with E-state index in [2.05, 4.69) is 229 Å². The second-order valence-corrected chi connectivity index (χ2v) is 15.0. The minimum Gasteiger partial charge on any atom is -0.494 e. The van der Waals surface area contributed by atoms with Crippen LogP contribution in [0.15, 0.2) is 206 Å². The van der Waals surface area contributed by atoms with E-state index in [0.717, 1.165) is 51.0 Å². The lowest BCUT2D eigenvalue weighted by molar-refractivity contribution is 0.340. The molecule has 0 aliphatic rings. The quantitative estimate of drug-likeness (QED) is 0.0908. The second kappa shape index (κ2) is 17.5. The molecule has 0 radical (unpaired) electrons. The van der Waals surface area contributed by atoms with E-state index in [1.807, 2.05) is 25.1 Å². The molecule has 0 heterocycles. The third kappa shape index (κ3) is 8.62. The van der Waals surface area contributed by atoms with Crippen molar-refractivity contribution in [3.63, 3.8) is 0 Å². The van der Waals surface area contributed by atoms with Gasteiger partial charge in [0.05, 0.1) is 6.61 Å². The van der Waals surface area contributed by atoms with Gasteiger partial charge in [0, 0.05) is 34.1 Å². The number of nitrogens with zero attached hydrogens (tertiary/aromatic N) is 2. The fourth-order valence-electron chi connectivity index (χ4n) is 7.70. The summed E-state index contributed by atoms with van der Waals surface area (Å²) in [7, 11) is 0. The van der Waals surface area contributed by atoms with Crippen LogP contribution in [-0.2, 0) is 0 Å². The third-order valence-electron chi connectivity index (χ3n) is 10.8. The minimum atomic E-state index is 0.648. The molecule has 0 saturated heterocycles. The Kier molecular flexibility index (Phi) is 11.0. The van der Waals surface area contributed by atoms with Crippen molar-refractivity contribution in [1.29, 1.82) is 0 Å². The molecular weight excluding hydrogens is 729 g/mol. The van der Waals surface area contributed by atoms with E-state index in [1.54, 1.807) is 0 Å². The molecule has 9 aromatic carbocycles. The predicted molar refractivity (Wildman–Crippen MR) is 257 cm³/mol. The zero-order valence-electron chi connectivity index (χ0n) is 33.9. The Balaban J connectivity index is 0.896. The van der Waals surface area contributed by atoms with Crippen LogP contribution < -0.4 is 14.5 Å². The Morgan fingerprint density at radius 1 is 0.350 bits per heavy atom. The summed E-state index contributed by atoms with van der Waals surface area (Å²) in [5.74, 6) is 0.874. The largest absolute Gasteiger partial charge is 0.494 e. The molecule has 0 saturated carbocycles. The molecule has 3 heteroatoms. The molecule has 9 rings (SSSR count). The Hall–Kier alpha value is -7.62. The summed E-state index contributed by atoms with van der Waals surface area (Å²) in [5.41, 5.74) is 12.6. The molecule has 60 heavy (non-hydrogen) atoms. The lowest BCUT2D eigenvalue weighted by atomic mass is 9.99. The third-order valence-corrected chi connectivity index (χ3v) is 10.8. The molecule has 0 N–H and O–H groups in total. The van der Waals surface area contributed by atoms with E-state index in [4.69, 9.17) is 4.74 Å². The maximum atomic E-state index is 5.70. The van der Waals surface area contributed by atoms with Crippen LogP contribution in [0.2, 0.25) is 0 Å². The van der Waals surface area contributed by atoms with Gasteiger partial charge in [-0.05, 0) is 167 Å². The lowest BCUT2D eigenvalue weighted by Gasteiger charge is -2.25. The molecule has 9 aromatic rings. The second-order valence-electron chi connectivity index (χ2n) is 15.0. The van der Waals surface area contributed by atoms with Crippen molar-refractivity contribution in [2.24, 2.45) is 0 Å². The maximum absolute atomic E-state index is 5.70. The van der Waals surface area contributed by atoms with Crippen LogP contribution in [0.25, 0.3) is 45.8 Å². The highest BCUT2D eigenvalue weighted by molar-refractivity contribution is 6.00. The van der Waals surface area contributed by atoms with Crippen LogP contribution in [0.5, 0.6) is 5.75 Å². The first-order chi connectivity index (χ1) is 29.6. The van der Waals surface area contributed by atoms with Gasteiger partial charge in [0.25, 0.3) is 0 Å². The van der Waals surface area contributed by atoms with Gasteiger partial charge in [-0.2, -0.15) is 0 Å². The normalized spacial score (nSPS) is 11.4. The molecule has 0 aliphatic carbocycles. The van der Waals surface area contributed by atoms with Gasteiger partial charge in [-0.3, -0.25) is 0 Å². The summed E-state index contributed by atoms with van der Waals surface area (Å²) < 4.78 is 5.70. The van der Waals surface area contributed by atoms with Crippen molar-refractivity contribution in [1.82, 2.24) is 0 Å². The number of anilines is 6. The molecule has 0 unspecified atom stereocenters. The van der Waals surface area contributed by atoms with E-state index in [9.17, 15) is 0 Å². The van der Waals surface area contributed by atoms with Gasteiger partial charge in [0.2, 0.25) is 0 Å². The van der Waals surface area contributed by atoms with Gasteiger partial charge in [0.15, 0.2) is 0 Å². The Bertz CT molecular complexity index is 2900. The van der Waals surface area contributed by atoms with Crippen molar-refractivity contribution in [2.45, 2.75) is 13.8 Å². The fraction of sp³-hybridized carbons (Fsp3) is 0.0526. The Morgan fingerprint density at radius 3 is 1.12 bits per heavy atom. The molecule has 3 nitrogen and oxygen atoms in total. The molecule has 0 fully saturated rings. The molecule has 0 aromatic heterocycles. The van der Waals surface area contributed by atoms with Crippen LogP contribution in [0.4, 0.5) is 34.1 Å². The van der Waals surface area contributed by atoms with Gasteiger partial charge >= 0.3 is 0 Å². The highest BCUT2D eigenvalue weighted by Crippen LogP contribution is 2.37. The zero-order valence-corrected chi connectivity index (χ0v) is 33.9. The molecule has 0 bridgehead atoms. The molecule has 0 amide bonds. The molecule has 0 aliphatic heterocycles. The Labute approximate surface area is 353 Å². The monoisotopic (exact) mass is 774 g/mol. The summed E-state index contributed by atoms with van der Waals surface area (Å²) in [4.78, 5) is 4.56. The highest BCUT2D eigenvalue weighted by Gasteiger charge is 2.13. The molecule has 0 atom stereocenters. The van der Waals surface area contributed by atoms with Crippen molar-refractivity contribution in [2.75, 3.05) is 16.4 Å². The SMILES string of the molecule is CCOc1ccc(N(c2ccccc2)c2ccc(/C=C/c3ccc4cc5cc(/C=C/c6ccc(N(c7ccccc7)c7ccc(C)cc7)cc6)ccc5cc4c3)cc2)cc1. The molecular formula is C57H46N2O. The molecule has 290 valence electrons. The number of hydrogen-bond acceptors (Lipinski definition) is 3. The first-order valence-electron chi connectivity index (χ1n) is 20.6. The first kappa shape index (κ1) is 37.9. The van der Waals surface area contributed by atoms with E-state index < -0.39 is 0 Å². The smallest absolute Gasteiger partial charge is 0.119 e.